The zero-order valence-corrected chi connectivity index (χ0v) is 12.1. The molecule has 1 aliphatic heterocycles. The topological polar surface area (TPSA) is 38.7 Å². The molecule has 1 N–H and O–H groups in total. The van der Waals surface area contributed by atoms with Crippen LogP contribution in [0.2, 0.25) is 0 Å². The third-order valence-electron chi connectivity index (χ3n) is 3.45. The quantitative estimate of drug-likeness (QED) is 0.848. The van der Waals surface area contributed by atoms with E-state index >= 15 is 0 Å². The van der Waals surface area contributed by atoms with Gasteiger partial charge in [0.25, 0.3) is 0 Å². The molecule has 0 unspecified atom stereocenters. The Morgan fingerprint density at radius 1 is 1.33 bits per heavy atom. The van der Waals surface area contributed by atoms with Gasteiger partial charge in [-0.05, 0) is 36.5 Å². The van der Waals surface area contributed by atoms with Crippen molar-refractivity contribution in [2.45, 2.75) is 25.9 Å². The second kappa shape index (κ2) is 8.78. The first kappa shape index (κ1) is 16.0. The Morgan fingerprint density at radius 3 is 2.90 bits per heavy atom. The Bertz CT molecular complexity index is 498. The number of halogens is 1. The van der Waals surface area contributed by atoms with Crippen LogP contribution in [0.25, 0.3) is 0 Å². The second-order valence-corrected chi connectivity index (χ2v) is 5.16. The van der Waals surface area contributed by atoms with Gasteiger partial charge in [0.1, 0.15) is 5.82 Å². The van der Waals surface area contributed by atoms with Crippen molar-refractivity contribution in [3.05, 3.63) is 35.1 Å². The van der Waals surface area contributed by atoms with Crippen LogP contribution in [0.15, 0.2) is 18.2 Å². The fourth-order valence-electron chi connectivity index (χ4n) is 2.23. The summed E-state index contributed by atoms with van der Waals surface area (Å²) in [6.45, 7) is 2.80. The summed E-state index contributed by atoms with van der Waals surface area (Å²) in [5.74, 6) is 5.69. The van der Waals surface area contributed by atoms with E-state index in [0.29, 0.717) is 31.1 Å². The lowest BCUT2D eigenvalue weighted by Gasteiger charge is -2.21. The Morgan fingerprint density at radius 2 is 2.14 bits per heavy atom. The standard InChI is InChI=1S/C17H21FO3/c18-17-5-4-15(11-16(17)3-1-2-8-19)13-21-12-14-6-9-20-10-7-14/h4-5,11,14,19H,2,6-10,12-13H2. The van der Waals surface area contributed by atoms with Crippen molar-refractivity contribution in [2.24, 2.45) is 5.92 Å². The Balaban J connectivity index is 1.85. The third-order valence-corrected chi connectivity index (χ3v) is 3.45. The second-order valence-electron chi connectivity index (χ2n) is 5.16. The molecule has 0 spiro atoms. The maximum Gasteiger partial charge on any atom is 0.138 e. The van der Waals surface area contributed by atoms with E-state index in [-0.39, 0.29) is 12.4 Å². The Hall–Kier alpha value is -1.41. The summed E-state index contributed by atoms with van der Waals surface area (Å²) < 4.78 is 24.6. The Kier molecular flexibility index (Phi) is 6.68. The summed E-state index contributed by atoms with van der Waals surface area (Å²) in [6.07, 6.45) is 2.44. The van der Waals surface area contributed by atoms with Crippen molar-refractivity contribution in [3.63, 3.8) is 0 Å². The van der Waals surface area contributed by atoms with Gasteiger partial charge in [-0.25, -0.2) is 4.39 Å². The van der Waals surface area contributed by atoms with Crippen LogP contribution in [0, 0.1) is 23.6 Å². The minimum absolute atomic E-state index is 0.0114. The molecule has 1 aromatic rings. The molecule has 21 heavy (non-hydrogen) atoms. The number of aliphatic hydroxyl groups excluding tert-OH is 1. The molecule has 0 saturated carbocycles. The molecule has 0 amide bonds. The molecule has 0 aromatic heterocycles. The minimum Gasteiger partial charge on any atom is -0.395 e. The van der Waals surface area contributed by atoms with Crippen LogP contribution in [-0.4, -0.2) is 31.5 Å². The molecular weight excluding hydrogens is 271 g/mol. The lowest BCUT2D eigenvalue weighted by Crippen LogP contribution is -2.20. The van der Waals surface area contributed by atoms with Gasteiger partial charge in [-0.3, -0.25) is 0 Å². The normalized spacial score (nSPS) is 15.5. The van der Waals surface area contributed by atoms with Gasteiger partial charge in [-0.1, -0.05) is 17.9 Å². The zero-order chi connectivity index (χ0) is 14.9. The van der Waals surface area contributed by atoms with E-state index < -0.39 is 0 Å². The zero-order valence-electron chi connectivity index (χ0n) is 12.1. The van der Waals surface area contributed by atoms with Crippen molar-refractivity contribution >= 4 is 0 Å². The summed E-state index contributed by atoms with van der Waals surface area (Å²) in [7, 11) is 0. The number of hydrogen-bond donors (Lipinski definition) is 1. The van der Waals surface area contributed by atoms with E-state index in [4.69, 9.17) is 14.6 Å². The van der Waals surface area contributed by atoms with Crippen molar-refractivity contribution < 1.29 is 19.0 Å². The molecule has 2 rings (SSSR count). The van der Waals surface area contributed by atoms with Crippen LogP contribution < -0.4 is 0 Å². The van der Waals surface area contributed by atoms with Gasteiger partial charge < -0.3 is 14.6 Å². The van der Waals surface area contributed by atoms with Gasteiger partial charge in [-0.15, -0.1) is 0 Å². The van der Waals surface area contributed by atoms with E-state index in [9.17, 15) is 4.39 Å². The first-order chi connectivity index (χ1) is 10.3. The maximum atomic E-state index is 13.6. The van der Waals surface area contributed by atoms with E-state index in [1.165, 1.54) is 6.07 Å². The van der Waals surface area contributed by atoms with E-state index in [0.717, 1.165) is 31.6 Å². The summed E-state index contributed by atoms with van der Waals surface area (Å²) in [4.78, 5) is 0. The molecule has 1 aliphatic rings. The largest absolute Gasteiger partial charge is 0.395 e. The third kappa shape index (κ3) is 5.47. The number of benzene rings is 1. The van der Waals surface area contributed by atoms with Crippen LogP contribution in [0.3, 0.4) is 0 Å². The van der Waals surface area contributed by atoms with Gasteiger partial charge in [0, 0.05) is 19.6 Å². The smallest absolute Gasteiger partial charge is 0.138 e. The monoisotopic (exact) mass is 292 g/mol. The van der Waals surface area contributed by atoms with Crippen LogP contribution >= 0.6 is 0 Å². The molecule has 0 bridgehead atoms. The molecular formula is C17H21FO3. The van der Waals surface area contributed by atoms with Crippen LogP contribution in [0.5, 0.6) is 0 Å². The highest BCUT2D eigenvalue weighted by Crippen LogP contribution is 2.16. The van der Waals surface area contributed by atoms with Crippen LogP contribution in [0.1, 0.15) is 30.4 Å². The summed E-state index contributed by atoms with van der Waals surface area (Å²) in [6, 6.07) is 4.84. The predicted molar refractivity (Wildman–Crippen MR) is 78.2 cm³/mol. The van der Waals surface area contributed by atoms with E-state index in [2.05, 4.69) is 11.8 Å². The maximum absolute atomic E-state index is 13.6. The SMILES string of the molecule is OCCC#Cc1cc(COCC2CCOCC2)ccc1F. The average molecular weight is 292 g/mol. The highest BCUT2D eigenvalue weighted by atomic mass is 19.1. The van der Waals surface area contributed by atoms with Gasteiger partial charge in [-0.2, -0.15) is 0 Å². The predicted octanol–water partition coefficient (Wildman–Crippen LogP) is 2.50. The first-order valence-electron chi connectivity index (χ1n) is 7.33. The summed E-state index contributed by atoms with van der Waals surface area (Å²) >= 11 is 0. The molecule has 4 heteroatoms. The van der Waals surface area contributed by atoms with Gasteiger partial charge in [0.05, 0.1) is 25.4 Å². The summed E-state index contributed by atoms with van der Waals surface area (Å²) in [5.41, 5.74) is 1.27. The highest BCUT2D eigenvalue weighted by Gasteiger charge is 2.13. The number of aliphatic hydroxyl groups is 1. The lowest BCUT2D eigenvalue weighted by molar-refractivity contribution is 0.0157. The van der Waals surface area contributed by atoms with Crippen molar-refractivity contribution in [2.75, 3.05) is 26.4 Å². The Labute approximate surface area is 125 Å². The number of hydrogen-bond acceptors (Lipinski definition) is 3. The van der Waals surface area contributed by atoms with E-state index in [1.54, 1.807) is 12.1 Å². The summed E-state index contributed by atoms with van der Waals surface area (Å²) in [5, 5.41) is 8.68. The van der Waals surface area contributed by atoms with Gasteiger partial charge in [0.2, 0.25) is 0 Å². The number of ether oxygens (including phenoxy) is 2. The minimum atomic E-state index is -0.339. The molecule has 1 aromatic carbocycles. The first-order valence-corrected chi connectivity index (χ1v) is 7.33. The molecule has 3 nitrogen and oxygen atoms in total. The molecule has 1 saturated heterocycles. The lowest BCUT2D eigenvalue weighted by atomic mass is 10.0. The molecule has 0 aliphatic carbocycles. The van der Waals surface area contributed by atoms with Crippen LogP contribution in [0.4, 0.5) is 4.39 Å². The average Bonchev–Trinajstić information content (AvgIpc) is 2.51. The molecule has 1 fully saturated rings. The molecule has 1 heterocycles. The fourth-order valence-corrected chi connectivity index (χ4v) is 2.23. The highest BCUT2D eigenvalue weighted by molar-refractivity contribution is 5.38. The van der Waals surface area contributed by atoms with Crippen molar-refractivity contribution in [1.29, 1.82) is 0 Å². The van der Waals surface area contributed by atoms with Crippen LogP contribution in [-0.2, 0) is 16.1 Å². The number of rotatable bonds is 5. The molecule has 114 valence electrons. The van der Waals surface area contributed by atoms with E-state index in [1.807, 2.05) is 0 Å². The van der Waals surface area contributed by atoms with Gasteiger partial charge >= 0.3 is 0 Å². The van der Waals surface area contributed by atoms with Crippen molar-refractivity contribution in [1.82, 2.24) is 0 Å². The molecule has 0 radical (unpaired) electrons. The molecule has 0 atom stereocenters. The fraction of sp³-hybridized carbons (Fsp3) is 0.529. The van der Waals surface area contributed by atoms with Crippen molar-refractivity contribution in [3.8, 4) is 11.8 Å². The van der Waals surface area contributed by atoms with Gasteiger partial charge in [0.15, 0.2) is 0 Å².